The molecule has 2 rings (SSSR count). The monoisotopic (exact) mass is 300 g/mol. The van der Waals surface area contributed by atoms with E-state index in [1.165, 1.54) is 4.90 Å². The second-order valence-corrected chi connectivity index (χ2v) is 4.82. The topological polar surface area (TPSA) is 60.2 Å². The molecule has 21 heavy (non-hydrogen) atoms. The Labute approximate surface area is 128 Å². The number of nitriles is 1. The maximum Gasteiger partial charge on any atom is 0.213 e. The molecule has 0 N–H and O–H groups in total. The molecule has 0 aliphatic rings. The lowest BCUT2D eigenvalue weighted by Crippen LogP contribution is -2.19. The van der Waals surface area contributed by atoms with Gasteiger partial charge in [0.25, 0.3) is 0 Å². The molecule has 0 unspecified atom stereocenters. The van der Waals surface area contributed by atoms with Crippen LogP contribution < -0.4 is 9.80 Å². The molecule has 5 nitrogen and oxygen atoms in total. The van der Waals surface area contributed by atoms with Crippen molar-refractivity contribution in [2.75, 3.05) is 23.9 Å². The Morgan fingerprint density at radius 2 is 2.00 bits per heavy atom. The van der Waals surface area contributed by atoms with Gasteiger partial charge in [-0.25, -0.2) is 4.98 Å². The first-order valence-electron chi connectivity index (χ1n) is 6.14. The van der Waals surface area contributed by atoms with Crippen LogP contribution >= 0.6 is 11.6 Å². The summed E-state index contributed by atoms with van der Waals surface area (Å²) in [4.78, 5) is 18.4. The number of carbonyl (C=O) groups excluding carboxylic acids is 1. The highest BCUT2D eigenvalue weighted by Crippen LogP contribution is 2.33. The summed E-state index contributed by atoms with van der Waals surface area (Å²) in [5, 5.41) is 9.46. The van der Waals surface area contributed by atoms with Crippen molar-refractivity contribution in [1.29, 1.82) is 5.26 Å². The summed E-state index contributed by atoms with van der Waals surface area (Å²) in [5.41, 5.74) is 2.74. The van der Waals surface area contributed by atoms with Gasteiger partial charge < -0.3 is 9.80 Å². The van der Waals surface area contributed by atoms with Crippen molar-refractivity contribution >= 4 is 35.1 Å². The molecule has 0 aliphatic carbocycles. The molecular weight excluding hydrogens is 288 g/mol. The molecule has 0 saturated heterocycles. The predicted molar refractivity (Wildman–Crippen MR) is 82.9 cm³/mol. The molecule has 0 aliphatic heterocycles. The molecule has 0 atom stereocenters. The van der Waals surface area contributed by atoms with E-state index in [0.717, 1.165) is 17.8 Å². The number of aromatic nitrogens is 1. The standard InChI is InChI=1S/C15H13ClN4O/c1-19(10-21)13-5-3-11(8-17)7-14(13)20(2)12-4-6-15(16)18-9-12/h3-7,9-10H,1-2H3. The number of rotatable bonds is 4. The number of pyridine rings is 1. The van der Waals surface area contributed by atoms with Gasteiger partial charge in [-0.3, -0.25) is 4.79 Å². The van der Waals surface area contributed by atoms with Crippen LogP contribution in [-0.4, -0.2) is 25.5 Å². The van der Waals surface area contributed by atoms with Crippen molar-refractivity contribution in [2.24, 2.45) is 0 Å². The zero-order valence-electron chi connectivity index (χ0n) is 11.6. The van der Waals surface area contributed by atoms with Gasteiger partial charge in [-0.1, -0.05) is 11.6 Å². The van der Waals surface area contributed by atoms with Crippen LogP contribution in [0.1, 0.15) is 5.56 Å². The number of hydrogen-bond acceptors (Lipinski definition) is 4. The summed E-state index contributed by atoms with van der Waals surface area (Å²) in [7, 11) is 3.50. The summed E-state index contributed by atoms with van der Waals surface area (Å²) < 4.78 is 0. The van der Waals surface area contributed by atoms with Crippen LogP contribution in [0.25, 0.3) is 0 Å². The lowest BCUT2D eigenvalue weighted by molar-refractivity contribution is -0.107. The number of halogens is 1. The number of benzene rings is 1. The second-order valence-electron chi connectivity index (χ2n) is 4.43. The number of carbonyl (C=O) groups is 1. The lowest BCUT2D eigenvalue weighted by Gasteiger charge is -2.25. The smallest absolute Gasteiger partial charge is 0.213 e. The third kappa shape index (κ3) is 3.12. The fourth-order valence-corrected chi connectivity index (χ4v) is 2.03. The summed E-state index contributed by atoms with van der Waals surface area (Å²) in [6, 6.07) is 10.7. The highest BCUT2D eigenvalue weighted by Gasteiger charge is 2.13. The highest BCUT2D eigenvalue weighted by molar-refractivity contribution is 6.29. The van der Waals surface area contributed by atoms with E-state index >= 15 is 0 Å². The fraction of sp³-hybridized carbons (Fsp3) is 0.133. The number of nitrogens with zero attached hydrogens (tertiary/aromatic N) is 4. The van der Waals surface area contributed by atoms with Crippen molar-refractivity contribution in [2.45, 2.75) is 0 Å². The lowest BCUT2D eigenvalue weighted by atomic mass is 10.1. The molecule has 6 heteroatoms. The minimum absolute atomic E-state index is 0.406. The highest BCUT2D eigenvalue weighted by atomic mass is 35.5. The summed E-state index contributed by atoms with van der Waals surface area (Å²) in [5.74, 6) is 0. The van der Waals surface area contributed by atoms with E-state index in [-0.39, 0.29) is 0 Å². The second kappa shape index (κ2) is 6.25. The quantitative estimate of drug-likeness (QED) is 0.643. The molecule has 0 bridgehead atoms. The molecule has 1 heterocycles. The Morgan fingerprint density at radius 1 is 1.24 bits per heavy atom. The maximum atomic E-state index is 11.0. The number of amides is 1. The van der Waals surface area contributed by atoms with Crippen LogP contribution in [0.3, 0.4) is 0 Å². The zero-order valence-corrected chi connectivity index (χ0v) is 12.4. The van der Waals surface area contributed by atoms with Crippen LogP contribution in [-0.2, 0) is 4.79 Å². The van der Waals surface area contributed by atoms with Crippen LogP contribution in [0.5, 0.6) is 0 Å². The van der Waals surface area contributed by atoms with Gasteiger partial charge in [0, 0.05) is 14.1 Å². The third-order valence-electron chi connectivity index (χ3n) is 3.10. The number of hydrogen-bond donors (Lipinski definition) is 0. The zero-order chi connectivity index (χ0) is 15.4. The van der Waals surface area contributed by atoms with Gasteiger partial charge in [-0.15, -0.1) is 0 Å². The molecule has 106 valence electrons. The minimum Gasteiger partial charge on any atom is -0.342 e. The van der Waals surface area contributed by atoms with Crippen LogP contribution in [0.2, 0.25) is 5.15 Å². The summed E-state index contributed by atoms with van der Waals surface area (Å²) in [6.45, 7) is 0. The first kappa shape index (κ1) is 14.8. The Hall–Kier alpha value is -2.58. The van der Waals surface area contributed by atoms with Crippen molar-refractivity contribution in [3.8, 4) is 6.07 Å². The Kier molecular flexibility index (Phi) is 4.41. The average Bonchev–Trinajstić information content (AvgIpc) is 2.53. The van der Waals surface area contributed by atoms with Crippen LogP contribution in [0, 0.1) is 11.3 Å². The van der Waals surface area contributed by atoms with E-state index in [0.29, 0.717) is 16.4 Å². The molecule has 0 saturated carbocycles. The first-order chi connectivity index (χ1) is 10.1. The number of anilines is 3. The average molecular weight is 301 g/mol. The molecule has 0 fully saturated rings. The molecule has 1 aromatic heterocycles. The predicted octanol–water partition coefficient (Wildman–Crippen LogP) is 2.97. The van der Waals surface area contributed by atoms with Crippen molar-refractivity contribution < 1.29 is 4.79 Å². The molecule has 0 spiro atoms. The molecular formula is C15H13ClN4O. The van der Waals surface area contributed by atoms with Gasteiger partial charge in [0.05, 0.1) is 34.9 Å². The van der Waals surface area contributed by atoms with Crippen LogP contribution in [0.15, 0.2) is 36.5 Å². The Morgan fingerprint density at radius 3 is 2.57 bits per heavy atom. The molecule has 0 radical (unpaired) electrons. The van der Waals surface area contributed by atoms with E-state index < -0.39 is 0 Å². The van der Waals surface area contributed by atoms with Gasteiger partial charge in [-0.05, 0) is 30.3 Å². The van der Waals surface area contributed by atoms with Crippen molar-refractivity contribution in [1.82, 2.24) is 4.98 Å². The van der Waals surface area contributed by atoms with Gasteiger partial charge >= 0.3 is 0 Å². The van der Waals surface area contributed by atoms with Crippen LogP contribution in [0.4, 0.5) is 17.1 Å². The van der Waals surface area contributed by atoms with Gasteiger partial charge in [0.1, 0.15) is 5.15 Å². The third-order valence-corrected chi connectivity index (χ3v) is 3.33. The first-order valence-corrected chi connectivity index (χ1v) is 6.52. The normalized spacial score (nSPS) is 9.81. The van der Waals surface area contributed by atoms with E-state index in [4.69, 9.17) is 16.9 Å². The van der Waals surface area contributed by atoms with E-state index in [1.54, 1.807) is 37.5 Å². The summed E-state index contributed by atoms with van der Waals surface area (Å²) in [6.07, 6.45) is 2.35. The van der Waals surface area contributed by atoms with Gasteiger partial charge in [0.15, 0.2) is 0 Å². The van der Waals surface area contributed by atoms with Crippen molar-refractivity contribution in [3.63, 3.8) is 0 Å². The van der Waals surface area contributed by atoms with E-state index in [9.17, 15) is 4.79 Å². The van der Waals surface area contributed by atoms with Crippen molar-refractivity contribution in [3.05, 3.63) is 47.2 Å². The maximum absolute atomic E-state index is 11.0. The molecule has 1 aromatic carbocycles. The minimum atomic E-state index is 0.406. The van der Waals surface area contributed by atoms with Gasteiger partial charge in [0.2, 0.25) is 6.41 Å². The van der Waals surface area contributed by atoms with E-state index in [1.807, 2.05) is 18.0 Å². The van der Waals surface area contributed by atoms with E-state index in [2.05, 4.69) is 11.1 Å². The van der Waals surface area contributed by atoms with Gasteiger partial charge in [-0.2, -0.15) is 5.26 Å². The Bertz CT molecular complexity index is 694. The fourth-order valence-electron chi connectivity index (χ4n) is 1.92. The molecule has 2 aromatic rings. The summed E-state index contributed by atoms with van der Waals surface area (Å²) >= 11 is 5.79. The molecule has 1 amide bonds. The largest absolute Gasteiger partial charge is 0.342 e. The Balaban J connectivity index is 2.52. The SMILES string of the molecule is CN(C=O)c1ccc(C#N)cc1N(C)c1ccc(Cl)nc1.